The molecule has 0 aromatic heterocycles. The third-order valence-corrected chi connectivity index (χ3v) is 2.84. The number of carbonyl (C=O) groups is 1. The summed E-state index contributed by atoms with van der Waals surface area (Å²) in [5.41, 5.74) is 5.45. The molecule has 0 radical (unpaired) electrons. The van der Waals surface area contributed by atoms with E-state index in [0.29, 0.717) is 12.3 Å². The maximum atomic E-state index is 11.4. The maximum Gasteiger partial charge on any atom is 0.322 e. The van der Waals surface area contributed by atoms with Crippen LogP contribution in [0.15, 0.2) is 12.7 Å². The van der Waals surface area contributed by atoms with Crippen LogP contribution in [-0.2, 0) is 14.3 Å². The summed E-state index contributed by atoms with van der Waals surface area (Å²) in [6.07, 6.45) is 4.55. The predicted octanol–water partition coefficient (Wildman–Crippen LogP) is 1.64. The minimum atomic E-state index is -0.592. The largest absolute Gasteiger partial charge is 0.459 e. The Morgan fingerprint density at radius 2 is 2.18 bits per heavy atom. The summed E-state index contributed by atoms with van der Waals surface area (Å²) in [5.74, 6) is 0.306. The Morgan fingerprint density at radius 1 is 1.53 bits per heavy atom. The molecule has 1 fully saturated rings. The molecule has 1 aliphatic carbocycles. The van der Waals surface area contributed by atoms with Gasteiger partial charge in [0, 0.05) is 6.61 Å². The molecule has 98 valence electrons. The van der Waals surface area contributed by atoms with E-state index in [4.69, 9.17) is 15.2 Å². The molecule has 0 saturated heterocycles. The van der Waals surface area contributed by atoms with Crippen molar-refractivity contribution in [3.8, 4) is 0 Å². The summed E-state index contributed by atoms with van der Waals surface area (Å²) in [7, 11) is 0. The van der Waals surface area contributed by atoms with Crippen LogP contribution in [0, 0.1) is 5.92 Å². The average Bonchev–Trinajstić information content (AvgIpc) is 3.07. The number of esters is 1. The average molecular weight is 241 g/mol. The van der Waals surface area contributed by atoms with Crippen LogP contribution >= 0.6 is 0 Å². The number of ether oxygens (including phenoxy) is 2. The van der Waals surface area contributed by atoms with E-state index in [9.17, 15) is 4.79 Å². The van der Waals surface area contributed by atoms with Crippen LogP contribution in [0.25, 0.3) is 0 Å². The zero-order valence-corrected chi connectivity index (χ0v) is 10.7. The van der Waals surface area contributed by atoms with Gasteiger partial charge in [0.25, 0.3) is 0 Å². The molecule has 4 heteroatoms. The Labute approximate surface area is 103 Å². The minimum absolute atomic E-state index is 0.115. The van der Waals surface area contributed by atoms with Crippen molar-refractivity contribution in [1.29, 1.82) is 0 Å². The van der Waals surface area contributed by atoms with Crippen molar-refractivity contribution >= 4 is 5.97 Å². The third-order valence-electron chi connectivity index (χ3n) is 2.84. The fourth-order valence-electron chi connectivity index (χ4n) is 1.47. The highest BCUT2D eigenvalue weighted by molar-refractivity contribution is 5.75. The van der Waals surface area contributed by atoms with E-state index >= 15 is 0 Å². The summed E-state index contributed by atoms with van der Waals surface area (Å²) in [6.45, 7) is 7.89. The molecular formula is C13H23NO3. The molecule has 0 spiro atoms. The van der Waals surface area contributed by atoms with E-state index in [0.717, 1.165) is 6.61 Å². The van der Waals surface area contributed by atoms with Crippen LogP contribution in [0.4, 0.5) is 0 Å². The highest BCUT2D eigenvalue weighted by Gasteiger charge is 2.26. The van der Waals surface area contributed by atoms with Gasteiger partial charge in [-0.05, 0) is 39.0 Å². The quantitative estimate of drug-likeness (QED) is 0.518. The summed E-state index contributed by atoms with van der Waals surface area (Å²) in [4.78, 5) is 11.4. The molecule has 0 amide bonds. The van der Waals surface area contributed by atoms with Crippen molar-refractivity contribution in [3.63, 3.8) is 0 Å². The van der Waals surface area contributed by atoms with Crippen LogP contribution in [0.5, 0.6) is 0 Å². The summed E-state index contributed by atoms with van der Waals surface area (Å²) >= 11 is 0. The van der Waals surface area contributed by atoms with Crippen molar-refractivity contribution in [2.24, 2.45) is 11.7 Å². The lowest BCUT2D eigenvalue weighted by atomic mass is 10.1. The van der Waals surface area contributed by atoms with E-state index in [1.165, 1.54) is 12.8 Å². The molecule has 0 heterocycles. The van der Waals surface area contributed by atoms with E-state index in [1.54, 1.807) is 13.0 Å². The SMILES string of the molecule is C=CC[C@@H](OCC1CC1)[C@H](C)OC(=O)[C@H](C)N. The van der Waals surface area contributed by atoms with Gasteiger partial charge in [0.05, 0.1) is 6.10 Å². The lowest BCUT2D eigenvalue weighted by Crippen LogP contribution is -2.37. The molecule has 0 bridgehead atoms. The second-order valence-corrected chi connectivity index (χ2v) is 4.77. The lowest BCUT2D eigenvalue weighted by Gasteiger charge is -2.24. The van der Waals surface area contributed by atoms with Gasteiger partial charge in [0.15, 0.2) is 0 Å². The molecule has 1 aliphatic rings. The Morgan fingerprint density at radius 3 is 2.65 bits per heavy atom. The van der Waals surface area contributed by atoms with Crippen LogP contribution in [-0.4, -0.2) is 30.8 Å². The minimum Gasteiger partial charge on any atom is -0.459 e. The van der Waals surface area contributed by atoms with Crippen molar-refractivity contribution in [1.82, 2.24) is 0 Å². The molecule has 3 atom stereocenters. The van der Waals surface area contributed by atoms with Crippen molar-refractivity contribution < 1.29 is 14.3 Å². The first kappa shape index (κ1) is 14.2. The first-order valence-corrected chi connectivity index (χ1v) is 6.23. The van der Waals surface area contributed by atoms with Crippen LogP contribution in [0.2, 0.25) is 0 Å². The zero-order valence-electron chi connectivity index (χ0n) is 10.7. The van der Waals surface area contributed by atoms with Crippen molar-refractivity contribution in [2.45, 2.75) is 51.4 Å². The summed E-state index contributed by atoms with van der Waals surface area (Å²) in [6, 6.07) is -0.592. The Kier molecular flexibility index (Phi) is 5.65. The molecular weight excluding hydrogens is 218 g/mol. The van der Waals surface area contributed by atoms with Crippen molar-refractivity contribution in [3.05, 3.63) is 12.7 Å². The van der Waals surface area contributed by atoms with Crippen LogP contribution in [0.3, 0.4) is 0 Å². The first-order valence-electron chi connectivity index (χ1n) is 6.23. The van der Waals surface area contributed by atoms with Gasteiger partial charge in [-0.15, -0.1) is 6.58 Å². The topological polar surface area (TPSA) is 61.5 Å². The lowest BCUT2D eigenvalue weighted by molar-refractivity contribution is -0.157. The molecule has 4 nitrogen and oxygen atoms in total. The number of hydrogen-bond acceptors (Lipinski definition) is 4. The van der Waals surface area contributed by atoms with Crippen LogP contribution < -0.4 is 5.73 Å². The van der Waals surface area contributed by atoms with Gasteiger partial charge in [0.1, 0.15) is 12.1 Å². The van der Waals surface area contributed by atoms with E-state index < -0.39 is 6.04 Å². The van der Waals surface area contributed by atoms with E-state index in [2.05, 4.69) is 6.58 Å². The Bertz CT molecular complexity index is 261. The molecule has 1 saturated carbocycles. The molecule has 1 rings (SSSR count). The Balaban J connectivity index is 2.37. The van der Waals surface area contributed by atoms with Crippen molar-refractivity contribution in [2.75, 3.05) is 6.61 Å². The second-order valence-electron chi connectivity index (χ2n) is 4.77. The molecule has 0 aliphatic heterocycles. The fraction of sp³-hybridized carbons (Fsp3) is 0.769. The Hall–Kier alpha value is -0.870. The fourth-order valence-corrected chi connectivity index (χ4v) is 1.47. The van der Waals surface area contributed by atoms with Gasteiger partial charge in [-0.1, -0.05) is 6.08 Å². The van der Waals surface area contributed by atoms with Gasteiger partial charge in [-0.3, -0.25) is 4.79 Å². The zero-order chi connectivity index (χ0) is 12.8. The first-order chi connectivity index (χ1) is 8.04. The van der Waals surface area contributed by atoms with Gasteiger partial charge in [0.2, 0.25) is 0 Å². The number of hydrogen-bond donors (Lipinski definition) is 1. The van der Waals surface area contributed by atoms with Gasteiger partial charge in [-0.25, -0.2) is 0 Å². The molecule has 17 heavy (non-hydrogen) atoms. The second kappa shape index (κ2) is 6.77. The van der Waals surface area contributed by atoms with E-state index in [-0.39, 0.29) is 18.2 Å². The predicted molar refractivity (Wildman–Crippen MR) is 66.5 cm³/mol. The highest BCUT2D eigenvalue weighted by Crippen LogP contribution is 2.29. The summed E-state index contributed by atoms with van der Waals surface area (Å²) in [5, 5.41) is 0. The van der Waals surface area contributed by atoms with E-state index in [1.807, 2.05) is 6.92 Å². The maximum absolute atomic E-state index is 11.4. The standard InChI is InChI=1S/C13H23NO3/c1-4-5-12(16-8-11-6-7-11)10(3)17-13(15)9(2)14/h4,9-12H,1,5-8,14H2,2-3H3/t9-,10-,12+/m0/s1. The smallest absolute Gasteiger partial charge is 0.322 e. The summed E-state index contributed by atoms with van der Waals surface area (Å²) < 4.78 is 11.0. The highest BCUT2D eigenvalue weighted by atomic mass is 16.6. The normalized spacial score (nSPS) is 20.4. The molecule has 0 unspecified atom stereocenters. The third kappa shape index (κ3) is 5.33. The van der Waals surface area contributed by atoms with Gasteiger partial charge in [-0.2, -0.15) is 0 Å². The number of nitrogens with two attached hydrogens (primary N) is 1. The number of rotatable bonds is 8. The molecule has 0 aromatic rings. The molecule has 0 aromatic carbocycles. The van der Waals surface area contributed by atoms with Gasteiger partial charge < -0.3 is 15.2 Å². The number of carbonyl (C=O) groups excluding carboxylic acids is 1. The molecule has 2 N–H and O–H groups in total. The van der Waals surface area contributed by atoms with Gasteiger partial charge >= 0.3 is 5.97 Å². The monoisotopic (exact) mass is 241 g/mol. The van der Waals surface area contributed by atoms with Crippen LogP contribution in [0.1, 0.15) is 33.1 Å².